The third kappa shape index (κ3) is 1.80. The zero-order chi connectivity index (χ0) is 13.7. The van der Waals surface area contributed by atoms with Gasteiger partial charge in [-0.05, 0) is 35.2 Å². The van der Waals surface area contributed by atoms with Crippen molar-refractivity contribution in [3.8, 4) is 5.75 Å². The van der Waals surface area contributed by atoms with Crippen LogP contribution in [-0.4, -0.2) is 11.7 Å². The van der Waals surface area contributed by atoms with Crippen molar-refractivity contribution in [2.24, 2.45) is 0 Å². The van der Waals surface area contributed by atoms with Crippen LogP contribution >= 0.6 is 15.9 Å². The lowest BCUT2D eigenvalue weighted by molar-refractivity contribution is 0.131. The van der Waals surface area contributed by atoms with Crippen molar-refractivity contribution in [2.75, 3.05) is 6.61 Å². The average Bonchev–Trinajstić information content (AvgIpc) is 2.87. The number of aliphatic hydroxyl groups excluding tert-OH is 1. The molecule has 0 saturated heterocycles. The van der Waals surface area contributed by atoms with Gasteiger partial charge in [-0.3, -0.25) is 0 Å². The number of benzene rings is 2. The van der Waals surface area contributed by atoms with Crippen molar-refractivity contribution in [3.63, 3.8) is 0 Å². The Hall–Kier alpha value is -1.32. The second-order valence-electron chi connectivity index (χ2n) is 5.54. The highest BCUT2D eigenvalue weighted by molar-refractivity contribution is 9.10. The summed E-state index contributed by atoms with van der Waals surface area (Å²) in [5, 5.41) is 10.8. The summed E-state index contributed by atoms with van der Waals surface area (Å²) in [7, 11) is 0. The Bertz CT molecular complexity index is 681. The van der Waals surface area contributed by atoms with E-state index < -0.39 is 6.10 Å². The van der Waals surface area contributed by atoms with Crippen LogP contribution in [0.1, 0.15) is 34.3 Å². The summed E-state index contributed by atoms with van der Waals surface area (Å²) in [5.41, 5.74) is 4.74. The van der Waals surface area contributed by atoms with Gasteiger partial charge in [0.25, 0.3) is 0 Å². The maximum absolute atomic E-state index is 10.8. The summed E-state index contributed by atoms with van der Waals surface area (Å²) in [6, 6.07) is 12.4. The molecule has 0 bridgehead atoms. The van der Waals surface area contributed by atoms with E-state index in [1.165, 1.54) is 16.7 Å². The molecule has 2 aliphatic rings. The van der Waals surface area contributed by atoms with Gasteiger partial charge >= 0.3 is 0 Å². The van der Waals surface area contributed by atoms with Gasteiger partial charge in [-0.15, -0.1) is 0 Å². The molecule has 0 amide bonds. The van der Waals surface area contributed by atoms with Gasteiger partial charge in [-0.2, -0.15) is 0 Å². The summed E-state index contributed by atoms with van der Waals surface area (Å²) in [5.74, 6) is 1.08. The summed E-state index contributed by atoms with van der Waals surface area (Å²) in [4.78, 5) is 0. The molecule has 0 fully saturated rings. The van der Waals surface area contributed by atoms with Crippen LogP contribution in [0.15, 0.2) is 40.9 Å². The minimum absolute atomic E-state index is 0.189. The molecule has 0 spiro atoms. The van der Waals surface area contributed by atoms with Crippen LogP contribution in [-0.2, 0) is 12.8 Å². The molecular weight excluding hydrogens is 316 g/mol. The topological polar surface area (TPSA) is 29.5 Å². The zero-order valence-electron chi connectivity index (χ0n) is 11.0. The van der Waals surface area contributed by atoms with Gasteiger partial charge in [0.1, 0.15) is 5.75 Å². The fourth-order valence-electron chi connectivity index (χ4n) is 3.31. The molecule has 20 heavy (non-hydrogen) atoms. The van der Waals surface area contributed by atoms with Gasteiger partial charge in [-0.1, -0.05) is 40.2 Å². The summed E-state index contributed by atoms with van der Waals surface area (Å²) < 4.78 is 6.75. The third-order valence-electron chi connectivity index (χ3n) is 4.37. The van der Waals surface area contributed by atoms with Crippen molar-refractivity contribution < 1.29 is 9.84 Å². The highest BCUT2D eigenvalue weighted by atomic mass is 79.9. The van der Waals surface area contributed by atoms with Crippen LogP contribution in [0.5, 0.6) is 5.75 Å². The van der Waals surface area contributed by atoms with Crippen molar-refractivity contribution in [1.82, 2.24) is 0 Å². The van der Waals surface area contributed by atoms with E-state index >= 15 is 0 Å². The fourth-order valence-corrected chi connectivity index (χ4v) is 3.84. The number of hydrogen-bond acceptors (Lipinski definition) is 2. The van der Waals surface area contributed by atoms with Crippen molar-refractivity contribution in [1.29, 1.82) is 0 Å². The Balaban J connectivity index is 1.73. The Morgan fingerprint density at radius 1 is 1.20 bits per heavy atom. The predicted molar refractivity (Wildman–Crippen MR) is 81.2 cm³/mol. The first-order valence-corrected chi connectivity index (χ1v) is 7.74. The molecular formula is C17H15BrO2. The van der Waals surface area contributed by atoms with Gasteiger partial charge < -0.3 is 9.84 Å². The van der Waals surface area contributed by atoms with E-state index in [-0.39, 0.29) is 5.92 Å². The van der Waals surface area contributed by atoms with Crippen LogP contribution < -0.4 is 4.74 Å². The Morgan fingerprint density at radius 3 is 2.90 bits per heavy atom. The minimum atomic E-state index is -0.491. The van der Waals surface area contributed by atoms with Gasteiger partial charge in [-0.25, -0.2) is 0 Å². The van der Waals surface area contributed by atoms with Gasteiger partial charge in [0.05, 0.1) is 12.7 Å². The van der Waals surface area contributed by atoms with Crippen LogP contribution in [0, 0.1) is 0 Å². The number of ether oxygens (including phenoxy) is 1. The second-order valence-corrected chi connectivity index (χ2v) is 6.45. The van der Waals surface area contributed by atoms with E-state index in [9.17, 15) is 5.11 Å². The Labute approximate surface area is 126 Å². The molecule has 0 saturated carbocycles. The number of rotatable bonds is 2. The monoisotopic (exact) mass is 330 g/mol. The summed E-state index contributed by atoms with van der Waals surface area (Å²) >= 11 is 3.54. The van der Waals surface area contributed by atoms with Gasteiger partial charge in [0.15, 0.2) is 0 Å². The van der Waals surface area contributed by atoms with E-state index in [0.29, 0.717) is 6.61 Å². The molecule has 4 rings (SSSR count). The number of aliphatic hydroxyl groups is 1. The number of hydrogen-bond donors (Lipinski definition) is 1. The van der Waals surface area contributed by atoms with Crippen LogP contribution in [0.25, 0.3) is 0 Å². The highest BCUT2D eigenvalue weighted by Crippen LogP contribution is 2.47. The maximum atomic E-state index is 10.8. The Kier molecular flexibility index (Phi) is 2.86. The smallest absolute Gasteiger partial charge is 0.128 e. The van der Waals surface area contributed by atoms with Crippen LogP contribution in [0.3, 0.4) is 0 Å². The molecule has 2 nitrogen and oxygen atoms in total. The molecule has 102 valence electrons. The largest absolute Gasteiger partial charge is 0.493 e. The van der Waals surface area contributed by atoms with Gasteiger partial charge in [0, 0.05) is 22.4 Å². The Morgan fingerprint density at radius 2 is 2.05 bits per heavy atom. The lowest BCUT2D eigenvalue weighted by Gasteiger charge is -2.34. The van der Waals surface area contributed by atoms with Crippen LogP contribution in [0.4, 0.5) is 0 Å². The van der Waals surface area contributed by atoms with Crippen molar-refractivity contribution in [2.45, 2.75) is 24.9 Å². The molecule has 2 aromatic carbocycles. The zero-order valence-corrected chi connectivity index (χ0v) is 12.6. The standard InChI is InChI=1S/C17H15BrO2/c18-12-7-11-5-6-20-17(11)15(9-12)16(19)14-8-10-3-1-2-4-13(10)14/h1-4,7,9,14,16,19H,5-6,8H2. The first-order valence-electron chi connectivity index (χ1n) is 6.95. The second kappa shape index (κ2) is 4.61. The lowest BCUT2D eigenvalue weighted by Crippen LogP contribution is -2.23. The van der Waals surface area contributed by atoms with Gasteiger partial charge in [0.2, 0.25) is 0 Å². The molecule has 1 aliphatic heterocycles. The molecule has 2 atom stereocenters. The summed E-state index contributed by atoms with van der Waals surface area (Å²) in [6.07, 6.45) is 1.38. The maximum Gasteiger partial charge on any atom is 0.128 e. The first kappa shape index (κ1) is 12.4. The summed E-state index contributed by atoms with van der Waals surface area (Å²) in [6.45, 7) is 0.715. The van der Waals surface area contributed by atoms with E-state index in [2.05, 4.69) is 40.2 Å². The molecule has 1 N–H and O–H groups in total. The fraction of sp³-hybridized carbons (Fsp3) is 0.294. The third-order valence-corrected chi connectivity index (χ3v) is 4.83. The van der Waals surface area contributed by atoms with Crippen molar-refractivity contribution >= 4 is 15.9 Å². The lowest BCUT2D eigenvalue weighted by atomic mass is 9.72. The van der Waals surface area contributed by atoms with E-state index in [1.54, 1.807) is 0 Å². The molecule has 1 aliphatic carbocycles. The minimum Gasteiger partial charge on any atom is -0.493 e. The van der Waals surface area contributed by atoms with Crippen LogP contribution in [0.2, 0.25) is 0 Å². The molecule has 1 heterocycles. The molecule has 3 heteroatoms. The normalized spacial score (nSPS) is 20.6. The number of halogens is 1. The number of fused-ring (bicyclic) bond motifs is 2. The van der Waals surface area contributed by atoms with Crippen molar-refractivity contribution in [3.05, 3.63) is 63.1 Å². The van der Waals surface area contributed by atoms with E-state index in [0.717, 1.165) is 28.6 Å². The first-order chi connectivity index (χ1) is 9.74. The van der Waals surface area contributed by atoms with E-state index in [4.69, 9.17) is 4.74 Å². The average molecular weight is 331 g/mol. The molecule has 0 radical (unpaired) electrons. The predicted octanol–water partition coefficient (Wildman–Crippen LogP) is 3.76. The highest BCUT2D eigenvalue weighted by Gasteiger charge is 2.35. The molecule has 2 unspecified atom stereocenters. The molecule has 2 aromatic rings. The quantitative estimate of drug-likeness (QED) is 0.908. The molecule has 0 aromatic heterocycles. The van der Waals surface area contributed by atoms with E-state index in [1.807, 2.05) is 12.1 Å². The SMILES string of the molecule is OC(c1cc(Br)cc2c1OCC2)C1Cc2ccccc21.